The van der Waals surface area contributed by atoms with E-state index in [-0.39, 0.29) is 10.0 Å². The topological polar surface area (TPSA) is 33.1 Å². The van der Waals surface area contributed by atoms with E-state index in [0.29, 0.717) is 5.56 Å². The van der Waals surface area contributed by atoms with Gasteiger partial charge < -0.3 is 5.11 Å². The number of nitrogens with zero attached hydrogens (tertiary/aromatic N) is 1. The number of hydrogen-bond donors (Lipinski definition) is 1. The van der Waals surface area contributed by atoms with E-state index < -0.39 is 17.7 Å². The van der Waals surface area contributed by atoms with Crippen molar-refractivity contribution in [3.63, 3.8) is 0 Å². The Morgan fingerprint density at radius 2 is 1.90 bits per heavy atom. The van der Waals surface area contributed by atoms with E-state index in [1.807, 2.05) is 18.2 Å². The van der Waals surface area contributed by atoms with Crippen LogP contribution in [0.2, 0.25) is 0 Å². The number of aliphatic hydroxyl groups excluding tert-OH is 1. The summed E-state index contributed by atoms with van der Waals surface area (Å²) < 4.78 is 26.6. The minimum atomic E-state index is -1.07. The van der Waals surface area contributed by atoms with Crippen LogP contribution in [0.15, 0.2) is 53.1 Å². The van der Waals surface area contributed by atoms with Crippen LogP contribution < -0.4 is 0 Å². The van der Waals surface area contributed by atoms with Gasteiger partial charge in [0, 0.05) is 17.1 Å². The summed E-state index contributed by atoms with van der Waals surface area (Å²) in [6.45, 7) is 0. The molecule has 106 valence electrons. The molecule has 0 bridgehead atoms. The molecule has 3 rings (SSSR count). The smallest absolute Gasteiger partial charge is 0.173 e. The Bertz CT molecular complexity index is 822. The van der Waals surface area contributed by atoms with Crippen molar-refractivity contribution < 1.29 is 13.9 Å². The van der Waals surface area contributed by atoms with Crippen molar-refractivity contribution in [2.24, 2.45) is 0 Å². The molecule has 2 nitrogen and oxygen atoms in total. The summed E-state index contributed by atoms with van der Waals surface area (Å²) in [5, 5.41) is 11.3. The van der Waals surface area contributed by atoms with Crippen molar-refractivity contribution in [2.45, 2.75) is 6.10 Å². The van der Waals surface area contributed by atoms with Crippen molar-refractivity contribution in [1.29, 1.82) is 0 Å². The van der Waals surface area contributed by atoms with E-state index in [2.05, 4.69) is 20.9 Å². The molecule has 0 spiro atoms. The summed E-state index contributed by atoms with van der Waals surface area (Å²) >= 11 is 2.99. The van der Waals surface area contributed by atoms with Crippen molar-refractivity contribution in [2.75, 3.05) is 0 Å². The van der Waals surface area contributed by atoms with E-state index in [1.54, 1.807) is 18.3 Å². The molecule has 1 unspecified atom stereocenters. The Hall–Kier alpha value is -1.85. The zero-order valence-electron chi connectivity index (χ0n) is 10.7. The zero-order valence-corrected chi connectivity index (χ0v) is 12.3. The van der Waals surface area contributed by atoms with Crippen LogP contribution in [0.5, 0.6) is 0 Å². The molecule has 0 saturated carbocycles. The number of benzene rings is 2. The summed E-state index contributed by atoms with van der Waals surface area (Å²) in [7, 11) is 0. The van der Waals surface area contributed by atoms with Gasteiger partial charge in [-0.15, -0.1) is 0 Å². The molecule has 2 aromatic carbocycles. The molecule has 0 aliphatic rings. The van der Waals surface area contributed by atoms with Crippen molar-refractivity contribution in [3.8, 4) is 0 Å². The highest BCUT2D eigenvalue weighted by Crippen LogP contribution is 2.32. The largest absolute Gasteiger partial charge is 0.384 e. The molecule has 1 heterocycles. The quantitative estimate of drug-likeness (QED) is 0.697. The molecule has 3 aromatic rings. The van der Waals surface area contributed by atoms with Gasteiger partial charge in [-0.25, -0.2) is 8.78 Å². The predicted molar refractivity (Wildman–Crippen MR) is 79.9 cm³/mol. The van der Waals surface area contributed by atoms with Gasteiger partial charge in [-0.3, -0.25) is 4.98 Å². The Balaban J connectivity index is 2.08. The highest BCUT2D eigenvalue weighted by Gasteiger charge is 2.19. The molecular formula is C16H10BrF2NO. The number of halogens is 3. The monoisotopic (exact) mass is 349 g/mol. The number of aromatic nitrogens is 1. The molecule has 0 aliphatic carbocycles. The van der Waals surface area contributed by atoms with Crippen molar-refractivity contribution in [1.82, 2.24) is 4.98 Å². The molecule has 0 fully saturated rings. The molecular weight excluding hydrogens is 340 g/mol. The normalized spacial score (nSPS) is 12.6. The fraction of sp³-hybridized carbons (Fsp3) is 0.0625. The van der Waals surface area contributed by atoms with E-state index in [0.717, 1.165) is 17.0 Å². The molecule has 5 heteroatoms. The second-order valence-corrected chi connectivity index (χ2v) is 5.42. The Morgan fingerprint density at radius 1 is 1.10 bits per heavy atom. The van der Waals surface area contributed by atoms with Crippen molar-refractivity contribution >= 4 is 26.8 Å². The molecule has 21 heavy (non-hydrogen) atoms. The summed E-state index contributed by atoms with van der Waals surface area (Å²) in [5.74, 6) is -1.97. The lowest BCUT2D eigenvalue weighted by Gasteiger charge is -2.14. The van der Waals surface area contributed by atoms with Gasteiger partial charge in [0.1, 0.15) is 6.10 Å². The van der Waals surface area contributed by atoms with Gasteiger partial charge in [0.15, 0.2) is 11.6 Å². The molecule has 0 radical (unpaired) electrons. The number of rotatable bonds is 2. The van der Waals surface area contributed by atoms with Crippen LogP contribution in [0.1, 0.15) is 17.2 Å². The van der Waals surface area contributed by atoms with Crippen LogP contribution in [0.25, 0.3) is 10.9 Å². The maximum atomic E-state index is 13.6. The van der Waals surface area contributed by atoms with Crippen LogP contribution in [0.4, 0.5) is 8.78 Å². The number of hydrogen-bond acceptors (Lipinski definition) is 2. The maximum Gasteiger partial charge on any atom is 0.173 e. The van der Waals surface area contributed by atoms with Crippen LogP contribution in [0.3, 0.4) is 0 Å². The molecule has 1 atom stereocenters. The van der Waals surface area contributed by atoms with E-state index in [1.165, 1.54) is 6.07 Å². The minimum Gasteiger partial charge on any atom is -0.384 e. The lowest BCUT2D eigenvalue weighted by Crippen LogP contribution is -2.03. The molecule has 0 amide bonds. The molecule has 1 N–H and O–H groups in total. The Labute approximate surface area is 128 Å². The van der Waals surface area contributed by atoms with Gasteiger partial charge in [-0.2, -0.15) is 0 Å². The molecule has 0 aliphatic heterocycles. The fourth-order valence-corrected chi connectivity index (χ4v) is 2.72. The molecule has 0 saturated heterocycles. The third-order valence-corrected chi connectivity index (χ3v) is 4.11. The highest BCUT2D eigenvalue weighted by atomic mass is 79.9. The van der Waals surface area contributed by atoms with E-state index in [4.69, 9.17) is 0 Å². The second-order valence-electron chi connectivity index (χ2n) is 4.62. The van der Waals surface area contributed by atoms with Crippen LogP contribution in [-0.2, 0) is 0 Å². The van der Waals surface area contributed by atoms with E-state index in [9.17, 15) is 13.9 Å². The summed E-state index contributed by atoms with van der Waals surface area (Å²) in [5.41, 5.74) is 1.56. The zero-order chi connectivity index (χ0) is 15.0. The lowest BCUT2D eigenvalue weighted by molar-refractivity contribution is 0.218. The first-order valence-corrected chi connectivity index (χ1v) is 7.03. The number of aliphatic hydroxyl groups is 1. The van der Waals surface area contributed by atoms with Crippen LogP contribution in [-0.4, -0.2) is 10.1 Å². The SMILES string of the molecule is OC(c1ccc2cccnc2c1)c1ccc(F)c(F)c1Br. The van der Waals surface area contributed by atoms with Gasteiger partial charge in [-0.1, -0.05) is 24.3 Å². The second kappa shape index (κ2) is 5.50. The maximum absolute atomic E-state index is 13.6. The van der Waals surface area contributed by atoms with Crippen molar-refractivity contribution in [3.05, 3.63) is 75.9 Å². The summed E-state index contributed by atoms with van der Waals surface area (Å²) in [4.78, 5) is 4.22. The average Bonchev–Trinajstić information content (AvgIpc) is 2.52. The van der Waals surface area contributed by atoms with E-state index >= 15 is 0 Å². The number of fused-ring (bicyclic) bond motifs is 1. The Kier molecular flexibility index (Phi) is 3.69. The molecule has 1 aromatic heterocycles. The first-order chi connectivity index (χ1) is 10.1. The average molecular weight is 350 g/mol. The van der Waals surface area contributed by atoms with Gasteiger partial charge in [0.05, 0.1) is 9.99 Å². The highest BCUT2D eigenvalue weighted by molar-refractivity contribution is 9.10. The third-order valence-electron chi connectivity index (χ3n) is 3.31. The van der Waals surface area contributed by atoms with Crippen LogP contribution >= 0.6 is 15.9 Å². The first kappa shape index (κ1) is 14.1. The van der Waals surface area contributed by atoms with Gasteiger partial charge in [-0.05, 0) is 39.7 Å². The summed E-state index contributed by atoms with van der Waals surface area (Å²) in [6.07, 6.45) is 0.590. The predicted octanol–water partition coefficient (Wildman–Crippen LogP) is 4.36. The first-order valence-electron chi connectivity index (χ1n) is 6.24. The van der Waals surface area contributed by atoms with Crippen LogP contribution in [0, 0.1) is 11.6 Å². The fourth-order valence-electron chi connectivity index (χ4n) is 2.19. The standard InChI is InChI=1S/C16H10BrF2NO/c17-14-11(5-6-12(18)15(14)19)16(21)10-4-3-9-2-1-7-20-13(9)8-10/h1-8,16,21H. The number of pyridine rings is 1. The van der Waals surface area contributed by atoms with Gasteiger partial charge in [0.2, 0.25) is 0 Å². The third kappa shape index (κ3) is 2.54. The minimum absolute atomic E-state index is 0.0730. The summed E-state index contributed by atoms with van der Waals surface area (Å²) in [6, 6.07) is 11.4. The lowest BCUT2D eigenvalue weighted by atomic mass is 10.00. The van der Waals surface area contributed by atoms with Gasteiger partial charge in [0.25, 0.3) is 0 Å². The van der Waals surface area contributed by atoms with Gasteiger partial charge >= 0.3 is 0 Å². The Morgan fingerprint density at radius 3 is 2.71 bits per heavy atom.